The lowest BCUT2D eigenvalue weighted by Gasteiger charge is -2.32. The zero-order chi connectivity index (χ0) is 18.8. The van der Waals surface area contributed by atoms with Gasteiger partial charge in [0.15, 0.2) is 0 Å². The lowest BCUT2D eigenvalue weighted by atomic mass is 9.98. The molecule has 1 aromatic rings. The first-order valence-electron chi connectivity index (χ1n) is 8.95. The molecule has 26 heavy (non-hydrogen) atoms. The minimum Gasteiger partial charge on any atom is -0.495 e. The monoisotopic (exact) mass is 380 g/mol. The standard InChI is InChI=1S/C19H25ClN2O4/c1-12-5-4-6-21(10-12)19(24)13-7-18(23)22(11-13)15-9-16(25-2)14(20)8-17(15)26-3/h8-9,12-13H,4-7,10-11H2,1-3H3. The van der Waals surface area contributed by atoms with Crippen LogP contribution in [0, 0.1) is 11.8 Å². The predicted octanol–water partition coefficient (Wildman–Crippen LogP) is 2.97. The zero-order valence-electron chi connectivity index (χ0n) is 15.5. The van der Waals surface area contributed by atoms with Crippen LogP contribution in [-0.2, 0) is 9.59 Å². The summed E-state index contributed by atoms with van der Waals surface area (Å²) in [5.41, 5.74) is 0.584. The molecule has 3 rings (SSSR count). The molecule has 0 N–H and O–H groups in total. The van der Waals surface area contributed by atoms with Gasteiger partial charge in [0, 0.05) is 38.2 Å². The van der Waals surface area contributed by atoms with Crippen molar-refractivity contribution in [1.29, 1.82) is 0 Å². The number of carbonyl (C=O) groups is 2. The number of likely N-dealkylation sites (tertiary alicyclic amines) is 1. The summed E-state index contributed by atoms with van der Waals surface area (Å²) in [5.74, 6) is 1.14. The summed E-state index contributed by atoms with van der Waals surface area (Å²) in [5, 5.41) is 0.412. The van der Waals surface area contributed by atoms with E-state index in [2.05, 4.69) is 6.92 Å². The molecule has 0 radical (unpaired) electrons. The van der Waals surface area contributed by atoms with Crippen LogP contribution >= 0.6 is 11.6 Å². The molecule has 142 valence electrons. The van der Waals surface area contributed by atoms with E-state index >= 15 is 0 Å². The van der Waals surface area contributed by atoms with E-state index in [0.717, 1.165) is 25.9 Å². The molecule has 0 aromatic heterocycles. The highest BCUT2D eigenvalue weighted by Crippen LogP contribution is 2.40. The minimum atomic E-state index is -0.320. The van der Waals surface area contributed by atoms with Crippen molar-refractivity contribution in [1.82, 2.24) is 4.90 Å². The number of hydrogen-bond acceptors (Lipinski definition) is 4. The Kier molecular flexibility index (Phi) is 5.61. The van der Waals surface area contributed by atoms with Crippen LogP contribution in [0.2, 0.25) is 5.02 Å². The summed E-state index contributed by atoms with van der Waals surface area (Å²) in [6.07, 6.45) is 2.40. The molecule has 2 saturated heterocycles. The van der Waals surface area contributed by atoms with Crippen LogP contribution in [0.1, 0.15) is 26.2 Å². The highest BCUT2D eigenvalue weighted by Gasteiger charge is 2.39. The van der Waals surface area contributed by atoms with Gasteiger partial charge in [-0.15, -0.1) is 0 Å². The minimum absolute atomic E-state index is 0.0762. The number of carbonyl (C=O) groups excluding carboxylic acids is 2. The van der Waals surface area contributed by atoms with Gasteiger partial charge in [-0.2, -0.15) is 0 Å². The molecule has 0 bridgehead atoms. The molecule has 2 unspecified atom stereocenters. The van der Waals surface area contributed by atoms with Crippen molar-refractivity contribution in [2.45, 2.75) is 26.2 Å². The Labute approximate surface area is 159 Å². The molecule has 1 aromatic carbocycles. The van der Waals surface area contributed by atoms with Crippen molar-refractivity contribution in [2.24, 2.45) is 11.8 Å². The second kappa shape index (κ2) is 7.74. The molecule has 2 aliphatic rings. The quantitative estimate of drug-likeness (QED) is 0.805. The third-order valence-electron chi connectivity index (χ3n) is 5.19. The van der Waals surface area contributed by atoms with Crippen LogP contribution in [-0.4, -0.2) is 50.6 Å². The number of benzene rings is 1. The first-order valence-corrected chi connectivity index (χ1v) is 9.33. The summed E-state index contributed by atoms with van der Waals surface area (Å²) in [6, 6.07) is 3.32. The molecular formula is C19H25ClN2O4. The highest BCUT2D eigenvalue weighted by atomic mass is 35.5. The predicted molar refractivity (Wildman–Crippen MR) is 100.0 cm³/mol. The molecule has 6 nitrogen and oxygen atoms in total. The number of halogens is 1. The fourth-order valence-corrected chi connectivity index (χ4v) is 4.04. The fraction of sp³-hybridized carbons (Fsp3) is 0.579. The number of amides is 2. The summed E-state index contributed by atoms with van der Waals surface area (Å²) in [4.78, 5) is 29.0. The van der Waals surface area contributed by atoms with Crippen molar-refractivity contribution < 1.29 is 19.1 Å². The molecule has 0 aliphatic carbocycles. The number of rotatable bonds is 4. The van der Waals surface area contributed by atoms with E-state index in [4.69, 9.17) is 21.1 Å². The Hall–Kier alpha value is -1.95. The van der Waals surface area contributed by atoms with Gasteiger partial charge in [0.25, 0.3) is 0 Å². The maximum absolute atomic E-state index is 12.9. The first-order chi connectivity index (χ1) is 12.4. The van der Waals surface area contributed by atoms with Gasteiger partial charge in [-0.05, 0) is 18.8 Å². The van der Waals surface area contributed by atoms with Gasteiger partial charge >= 0.3 is 0 Å². The average molecular weight is 381 g/mol. The van der Waals surface area contributed by atoms with E-state index in [0.29, 0.717) is 34.7 Å². The highest BCUT2D eigenvalue weighted by molar-refractivity contribution is 6.32. The molecule has 0 spiro atoms. The van der Waals surface area contributed by atoms with Crippen molar-refractivity contribution in [2.75, 3.05) is 38.8 Å². The molecule has 7 heteroatoms. The van der Waals surface area contributed by atoms with Crippen LogP contribution in [0.15, 0.2) is 12.1 Å². The van der Waals surface area contributed by atoms with Gasteiger partial charge in [-0.1, -0.05) is 18.5 Å². The molecular weight excluding hydrogens is 356 g/mol. The third kappa shape index (κ3) is 3.61. The largest absolute Gasteiger partial charge is 0.495 e. The zero-order valence-corrected chi connectivity index (χ0v) is 16.2. The average Bonchev–Trinajstić information content (AvgIpc) is 3.02. The second-order valence-electron chi connectivity index (χ2n) is 7.10. The van der Waals surface area contributed by atoms with Gasteiger partial charge in [-0.25, -0.2) is 0 Å². The van der Waals surface area contributed by atoms with E-state index in [-0.39, 0.29) is 24.2 Å². The fourth-order valence-electron chi connectivity index (χ4n) is 3.81. The normalized spacial score (nSPS) is 23.3. The SMILES string of the molecule is COc1cc(N2CC(C(=O)N3CCCC(C)C3)CC2=O)c(OC)cc1Cl. The van der Waals surface area contributed by atoms with Crippen molar-refractivity contribution in [3.05, 3.63) is 17.2 Å². The number of methoxy groups -OCH3 is 2. The number of ether oxygens (including phenoxy) is 2. The van der Waals surface area contributed by atoms with Crippen molar-refractivity contribution in [3.8, 4) is 11.5 Å². The molecule has 2 atom stereocenters. The summed E-state index contributed by atoms with van der Waals surface area (Å²) in [7, 11) is 3.05. The van der Waals surface area contributed by atoms with Gasteiger partial charge in [0.05, 0.1) is 30.8 Å². The van der Waals surface area contributed by atoms with Crippen molar-refractivity contribution in [3.63, 3.8) is 0 Å². The molecule has 2 heterocycles. The lowest BCUT2D eigenvalue weighted by Crippen LogP contribution is -2.43. The van der Waals surface area contributed by atoms with Crippen LogP contribution in [0.3, 0.4) is 0 Å². The van der Waals surface area contributed by atoms with E-state index in [1.807, 2.05) is 4.90 Å². The van der Waals surface area contributed by atoms with Gasteiger partial charge in [0.2, 0.25) is 11.8 Å². The lowest BCUT2D eigenvalue weighted by molar-refractivity contribution is -0.137. The smallest absolute Gasteiger partial charge is 0.228 e. The van der Waals surface area contributed by atoms with Crippen LogP contribution in [0.4, 0.5) is 5.69 Å². The van der Waals surface area contributed by atoms with Crippen LogP contribution in [0.25, 0.3) is 0 Å². The Balaban J connectivity index is 1.81. The second-order valence-corrected chi connectivity index (χ2v) is 7.50. The van der Waals surface area contributed by atoms with Gasteiger partial charge < -0.3 is 19.3 Å². The third-order valence-corrected chi connectivity index (χ3v) is 5.48. The Morgan fingerprint density at radius 3 is 2.58 bits per heavy atom. The maximum Gasteiger partial charge on any atom is 0.228 e. The van der Waals surface area contributed by atoms with E-state index < -0.39 is 0 Å². The number of anilines is 1. The van der Waals surface area contributed by atoms with E-state index in [1.54, 1.807) is 17.0 Å². The number of piperidine rings is 1. The summed E-state index contributed by atoms with van der Waals surface area (Å²) in [6.45, 7) is 4.08. The van der Waals surface area contributed by atoms with E-state index in [9.17, 15) is 9.59 Å². The van der Waals surface area contributed by atoms with E-state index in [1.165, 1.54) is 14.2 Å². The van der Waals surface area contributed by atoms with Crippen molar-refractivity contribution >= 4 is 29.1 Å². The molecule has 2 aliphatic heterocycles. The molecule has 2 amide bonds. The van der Waals surface area contributed by atoms with Crippen LogP contribution < -0.4 is 14.4 Å². The summed E-state index contributed by atoms with van der Waals surface area (Å²) < 4.78 is 10.6. The Morgan fingerprint density at radius 2 is 1.92 bits per heavy atom. The van der Waals surface area contributed by atoms with Gasteiger partial charge in [-0.3, -0.25) is 9.59 Å². The van der Waals surface area contributed by atoms with Gasteiger partial charge in [0.1, 0.15) is 11.5 Å². The molecule has 2 fully saturated rings. The first kappa shape index (κ1) is 18.8. The number of hydrogen-bond donors (Lipinski definition) is 0. The van der Waals surface area contributed by atoms with Crippen LogP contribution in [0.5, 0.6) is 11.5 Å². The Bertz CT molecular complexity index is 709. The maximum atomic E-state index is 12.9. The molecule has 0 saturated carbocycles. The Morgan fingerprint density at radius 1 is 1.19 bits per heavy atom. The summed E-state index contributed by atoms with van der Waals surface area (Å²) >= 11 is 6.15. The topological polar surface area (TPSA) is 59.1 Å². The number of nitrogens with zero attached hydrogens (tertiary/aromatic N) is 2.